The fourth-order valence-electron chi connectivity index (χ4n) is 2.94. The Morgan fingerprint density at radius 1 is 1.53 bits per heavy atom. The Kier molecular flexibility index (Phi) is 4.06. The standard InChI is InChI=1S/C15H20FN3/c1-11-4-2-3-7-15(11,10-18)19-14-6-5-13(16)8-12(14)9-17/h5-6,8,11,19H,2-4,7,10,18H2,1H3. The number of hydrogen-bond donors (Lipinski definition) is 2. The molecule has 0 aromatic heterocycles. The highest BCUT2D eigenvalue weighted by Crippen LogP contribution is 2.36. The predicted molar refractivity (Wildman–Crippen MR) is 74.2 cm³/mol. The third kappa shape index (κ3) is 2.71. The van der Waals surface area contributed by atoms with Gasteiger partial charge in [-0.15, -0.1) is 0 Å². The minimum Gasteiger partial charge on any atom is -0.377 e. The Morgan fingerprint density at radius 3 is 2.95 bits per heavy atom. The summed E-state index contributed by atoms with van der Waals surface area (Å²) in [5.41, 5.74) is 6.82. The Balaban J connectivity index is 2.30. The van der Waals surface area contributed by atoms with Crippen LogP contribution in [0.3, 0.4) is 0 Å². The second-order valence-corrected chi connectivity index (χ2v) is 5.43. The lowest BCUT2D eigenvalue weighted by Crippen LogP contribution is -2.52. The number of anilines is 1. The molecule has 1 saturated carbocycles. The summed E-state index contributed by atoms with van der Waals surface area (Å²) in [7, 11) is 0. The Bertz CT molecular complexity index is 495. The van der Waals surface area contributed by atoms with Gasteiger partial charge in [-0.05, 0) is 37.0 Å². The maximum atomic E-state index is 13.2. The van der Waals surface area contributed by atoms with Crippen molar-refractivity contribution in [1.82, 2.24) is 0 Å². The van der Waals surface area contributed by atoms with Crippen molar-refractivity contribution in [3.63, 3.8) is 0 Å². The first-order valence-corrected chi connectivity index (χ1v) is 6.79. The highest BCUT2D eigenvalue weighted by Gasteiger charge is 2.37. The van der Waals surface area contributed by atoms with Crippen molar-refractivity contribution >= 4 is 5.69 Å². The van der Waals surface area contributed by atoms with E-state index in [0.717, 1.165) is 19.3 Å². The molecule has 2 unspecified atom stereocenters. The molecule has 4 heteroatoms. The lowest BCUT2D eigenvalue weighted by molar-refractivity contribution is 0.235. The molecule has 0 heterocycles. The second kappa shape index (κ2) is 5.58. The quantitative estimate of drug-likeness (QED) is 0.879. The van der Waals surface area contributed by atoms with Crippen LogP contribution >= 0.6 is 0 Å². The molecular formula is C15H20FN3. The maximum absolute atomic E-state index is 13.2. The van der Waals surface area contributed by atoms with Crippen molar-refractivity contribution in [3.05, 3.63) is 29.6 Å². The zero-order valence-electron chi connectivity index (χ0n) is 11.2. The van der Waals surface area contributed by atoms with E-state index in [1.54, 1.807) is 6.07 Å². The van der Waals surface area contributed by atoms with Crippen LogP contribution in [0.2, 0.25) is 0 Å². The first-order valence-electron chi connectivity index (χ1n) is 6.79. The highest BCUT2D eigenvalue weighted by atomic mass is 19.1. The van der Waals surface area contributed by atoms with Crippen molar-refractivity contribution in [1.29, 1.82) is 5.26 Å². The van der Waals surface area contributed by atoms with Gasteiger partial charge in [-0.2, -0.15) is 5.26 Å². The van der Waals surface area contributed by atoms with Crippen LogP contribution in [0, 0.1) is 23.1 Å². The third-order valence-electron chi connectivity index (χ3n) is 4.30. The topological polar surface area (TPSA) is 61.8 Å². The van der Waals surface area contributed by atoms with E-state index in [1.165, 1.54) is 18.6 Å². The number of rotatable bonds is 3. The van der Waals surface area contributed by atoms with Crippen LogP contribution in [0.25, 0.3) is 0 Å². The average Bonchev–Trinajstić information content (AvgIpc) is 2.43. The highest BCUT2D eigenvalue weighted by molar-refractivity contribution is 5.59. The van der Waals surface area contributed by atoms with E-state index in [-0.39, 0.29) is 11.4 Å². The molecule has 1 aliphatic rings. The van der Waals surface area contributed by atoms with Crippen molar-refractivity contribution in [2.45, 2.75) is 38.1 Å². The molecule has 0 spiro atoms. The van der Waals surface area contributed by atoms with E-state index in [0.29, 0.717) is 23.7 Å². The molecule has 1 aromatic rings. The van der Waals surface area contributed by atoms with Crippen LogP contribution in [0.15, 0.2) is 18.2 Å². The minimum absolute atomic E-state index is 0.179. The van der Waals surface area contributed by atoms with Gasteiger partial charge in [0.25, 0.3) is 0 Å². The van der Waals surface area contributed by atoms with Crippen LogP contribution in [-0.2, 0) is 0 Å². The van der Waals surface area contributed by atoms with E-state index in [4.69, 9.17) is 11.0 Å². The van der Waals surface area contributed by atoms with Gasteiger partial charge in [0.1, 0.15) is 11.9 Å². The van der Waals surface area contributed by atoms with Crippen LogP contribution in [0.4, 0.5) is 10.1 Å². The number of halogens is 1. The Labute approximate surface area is 113 Å². The lowest BCUT2D eigenvalue weighted by Gasteiger charge is -2.43. The number of benzene rings is 1. The Hall–Kier alpha value is -1.60. The molecule has 0 amide bonds. The van der Waals surface area contributed by atoms with Crippen molar-refractivity contribution in [3.8, 4) is 6.07 Å². The summed E-state index contributed by atoms with van der Waals surface area (Å²) in [6, 6.07) is 6.31. The molecule has 3 nitrogen and oxygen atoms in total. The summed E-state index contributed by atoms with van der Waals surface area (Å²) in [4.78, 5) is 0. The lowest BCUT2D eigenvalue weighted by atomic mass is 9.73. The van der Waals surface area contributed by atoms with Gasteiger partial charge in [0.2, 0.25) is 0 Å². The van der Waals surface area contributed by atoms with Crippen LogP contribution < -0.4 is 11.1 Å². The second-order valence-electron chi connectivity index (χ2n) is 5.43. The van der Waals surface area contributed by atoms with E-state index >= 15 is 0 Å². The zero-order chi connectivity index (χ0) is 13.9. The SMILES string of the molecule is CC1CCCCC1(CN)Nc1ccc(F)cc1C#N. The summed E-state index contributed by atoms with van der Waals surface area (Å²) in [6.07, 6.45) is 4.48. The molecule has 0 radical (unpaired) electrons. The summed E-state index contributed by atoms with van der Waals surface area (Å²) in [5, 5.41) is 12.5. The average molecular weight is 261 g/mol. The van der Waals surface area contributed by atoms with Gasteiger partial charge in [0.05, 0.1) is 16.8 Å². The molecule has 2 atom stereocenters. The number of hydrogen-bond acceptors (Lipinski definition) is 3. The molecule has 2 rings (SSSR count). The van der Waals surface area contributed by atoms with Crippen molar-refractivity contribution < 1.29 is 4.39 Å². The Morgan fingerprint density at radius 2 is 2.32 bits per heavy atom. The van der Waals surface area contributed by atoms with Crippen LogP contribution in [0.1, 0.15) is 38.2 Å². The molecule has 0 saturated heterocycles. The normalized spacial score (nSPS) is 26.7. The fourth-order valence-corrected chi connectivity index (χ4v) is 2.94. The van der Waals surface area contributed by atoms with Gasteiger partial charge in [0, 0.05) is 6.54 Å². The molecule has 0 aliphatic heterocycles. The van der Waals surface area contributed by atoms with Gasteiger partial charge < -0.3 is 11.1 Å². The first-order chi connectivity index (χ1) is 9.11. The fraction of sp³-hybridized carbons (Fsp3) is 0.533. The third-order valence-corrected chi connectivity index (χ3v) is 4.30. The molecular weight excluding hydrogens is 241 g/mol. The van der Waals surface area contributed by atoms with E-state index in [9.17, 15) is 4.39 Å². The molecule has 1 fully saturated rings. The van der Waals surface area contributed by atoms with Crippen LogP contribution in [0.5, 0.6) is 0 Å². The number of nitriles is 1. The van der Waals surface area contributed by atoms with E-state index in [1.807, 2.05) is 6.07 Å². The molecule has 1 aromatic carbocycles. The molecule has 19 heavy (non-hydrogen) atoms. The number of nitrogens with one attached hydrogen (secondary N) is 1. The molecule has 1 aliphatic carbocycles. The van der Waals surface area contributed by atoms with Gasteiger partial charge in [-0.25, -0.2) is 4.39 Å². The molecule has 3 N–H and O–H groups in total. The summed E-state index contributed by atoms with van der Waals surface area (Å²) < 4.78 is 13.2. The summed E-state index contributed by atoms with van der Waals surface area (Å²) >= 11 is 0. The number of nitrogens with zero attached hydrogens (tertiary/aromatic N) is 1. The molecule has 0 bridgehead atoms. The van der Waals surface area contributed by atoms with Crippen molar-refractivity contribution in [2.24, 2.45) is 11.7 Å². The van der Waals surface area contributed by atoms with Crippen molar-refractivity contribution in [2.75, 3.05) is 11.9 Å². The summed E-state index contributed by atoms with van der Waals surface area (Å²) in [5.74, 6) is 0.0587. The first kappa shape index (κ1) is 13.8. The van der Waals surface area contributed by atoms with Gasteiger partial charge in [-0.3, -0.25) is 0 Å². The molecule has 102 valence electrons. The summed E-state index contributed by atoms with van der Waals surface area (Å²) in [6.45, 7) is 2.71. The zero-order valence-corrected chi connectivity index (χ0v) is 11.2. The largest absolute Gasteiger partial charge is 0.377 e. The minimum atomic E-state index is -0.388. The maximum Gasteiger partial charge on any atom is 0.124 e. The number of nitrogens with two attached hydrogens (primary N) is 1. The van der Waals surface area contributed by atoms with Gasteiger partial charge >= 0.3 is 0 Å². The monoisotopic (exact) mass is 261 g/mol. The van der Waals surface area contributed by atoms with Gasteiger partial charge in [-0.1, -0.05) is 19.8 Å². The predicted octanol–water partition coefficient (Wildman–Crippen LogP) is 3.02. The smallest absolute Gasteiger partial charge is 0.124 e. The van der Waals surface area contributed by atoms with E-state index in [2.05, 4.69) is 12.2 Å². The van der Waals surface area contributed by atoms with E-state index < -0.39 is 0 Å². The van der Waals surface area contributed by atoms with Crippen LogP contribution in [-0.4, -0.2) is 12.1 Å². The van der Waals surface area contributed by atoms with Gasteiger partial charge in [0.15, 0.2) is 0 Å².